The van der Waals surface area contributed by atoms with Gasteiger partial charge in [-0.05, 0) is 49.9 Å². The number of carbonyl (C=O) groups excluding carboxylic acids is 1. The molecule has 0 amide bonds. The fourth-order valence-electron chi connectivity index (χ4n) is 4.60. The van der Waals surface area contributed by atoms with Crippen molar-refractivity contribution in [2.45, 2.75) is 19.5 Å². The summed E-state index contributed by atoms with van der Waals surface area (Å²) in [7, 11) is 3.26. The molecule has 0 bridgehead atoms. The second-order valence-electron chi connectivity index (χ2n) is 9.73. The number of alkyl halides is 3. The highest BCUT2D eigenvalue weighted by Gasteiger charge is 2.35. The molecule has 0 N–H and O–H groups in total. The van der Waals surface area contributed by atoms with Gasteiger partial charge < -0.3 is 14.5 Å². The van der Waals surface area contributed by atoms with Crippen LogP contribution in [0.3, 0.4) is 0 Å². The van der Waals surface area contributed by atoms with E-state index in [1.165, 1.54) is 12.3 Å². The minimum atomic E-state index is -4.65. The fourth-order valence-corrected chi connectivity index (χ4v) is 4.60. The number of aromatic nitrogens is 5. The number of ether oxygens (including phenoxy) is 1. The molecule has 0 saturated carbocycles. The highest BCUT2D eigenvalue weighted by molar-refractivity contribution is 5.98. The first-order valence-electron chi connectivity index (χ1n) is 12.7. The predicted octanol–water partition coefficient (Wildman–Crippen LogP) is 4.24. The van der Waals surface area contributed by atoms with Crippen LogP contribution in [-0.4, -0.2) is 76.0 Å². The van der Waals surface area contributed by atoms with Crippen molar-refractivity contribution >= 4 is 11.5 Å². The number of benzene rings is 1. The lowest BCUT2D eigenvalue weighted by molar-refractivity contribution is -0.138. The monoisotopic (exact) mass is 551 g/mol. The van der Waals surface area contributed by atoms with Crippen molar-refractivity contribution in [2.24, 2.45) is 0 Å². The van der Waals surface area contributed by atoms with E-state index in [1.54, 1.807) is 30.1 Å². The Morgan fingerprint density at radius 1 is 1.05 bits per heavy atom. The average Bonchev–Trinajstić information content (AvgIpc) is 3.44. The number of likely N-dealkylation sites (N-methyl/N-ethyl adjacent to an activating group) is 1. The molecule has 1 aliphatic heterocycles. The second kappa shape index (κ2) is 11.0. The molecule has 0 atom stereocenters. The topological polar surface area (TPSA) is 89.3 Å². The van der Waals surface area contributed by atoms with Crippen molar-refractivity contribution in [3.63, 3.8) is 0 Å². The van der Waals surface area contributed by atoms with E-state index in [1.807, 2.05) is 12.3 Å². The number of anilines is 1. The van der Waals surface area contributed by atoms with E-state index in [9.17, 15) is 18.0 Å². The molecule has 0 radical (unpaired) electrons. The van der Waals surface area contributed by atoms with Gasteiger partial charge in [0, 0.05) is 56.1 Å². The average molecular weight is 552 g/mol. The van der Waals surface area contributed by atoms with Crippen LogP contribution in [0.4, 0.5) is 18.9 Å². The molecule has 9 nitrogen and oxygen atoms in total. The van der Waals surface area contributed by atoms with Gasteiger partial charge in [-0.25, -0.2) is 4.68 Å². The minimum absolute atomic E-state index is 0.0639. The molecule has 4 heterocycles. The zero-order valence-electron chi connectivity index (χ0n) is 22.3. The maximum atomic E-state index is 13.4. The van der Waals surface area contributed by atoms with Crippen LogP contribution in [0.5, 0.6) is 5.75 Å². The number of ketones is 1. The SMILES string of the molecule is COc1ccc(C(=O)Cc2cnc(C)c(-n3cc(-c4cncc(N5CCN(C)CC5)c4)nn3)c2)cc1C(F)(F)F. The summed E-state index contributed by atoms with van der Waals surface area (Å²) >= 11 is 0. The molecular weight excluding hydrogens is 523 g/mol. The van der Waals surface area contributed by atoms with Crippen molar-refractivity contribution in [2.75, 3.05) is 45.2 Å². The van der Waals surface area contributed by atoms with Gasteiger partial charge in [0.2, 0.25) is 0 Å². The molecule has 5 rings (SSSR count). The Morgan fingerprint density at radius 3 is 2.55 bits per heavy atom. The first-order valence-corrected chi connectivity index (χ1v) is 12.7. The standard InChI is InChI=1S/C28H28F3N7O2/c1-18-25(10-19(14-33-18)11-26(39)20-4-5-27(40-3)23(13-20)28(29,30)31)38-17-24(34-35-38)21-12-22(16-32-15-21)37-8-6-36(2)7-9-37/h4-5,10,12-17H,6-9,11H2,1-3H3. The molecule has 12 heteroatoms. The number of carbonyl (C=O) groups is 1. The Hall–Kier alpha value is -4.32. The van der Waals surface area contributed by atoms with Crippen molar-refractivity contribution in [1.82, 2.24) is 29.9 Å². The zero-order valence-corrected chi connectivity index (χ0v) is 22.3. The maximum Gasteiger partial charge on any atom is 0.419 e. The van der Waals surface area contributed by atoms with Gasteiger partial charge in [-0.1, -0.05) is 5.21 Å². The number of rotatable bonds is 7. The summed E-state index contributed by atoms with van der Waals surface area (Å²) in [6, 6.07) is 7.08. The molecule has 0 aliphatic carbocycles. The van der Waals surface area contributed by atoms with Crippen LogP contribution in [0.15, 0.2) is 55.1 Å². The van der Waals surface area contributed by atoms with Gasteiger partial charge in [0.25, 0.3) is 0 Å². The molecule has 1 aromatic carbocycles. The van der Waals surface area contributed by atoms with E-state index in [-0.39, 0.29) is 17.7 Å². The van der Waals surface area contributed by atoms with E-state index in [4.69, 9.17) is 4.74 Å². The van der Waals surface area contributed by atoms with Crippen molar-refractivity contribution < 1.29 is 22.7 Å². The van der Waals surface area contributed by atoms with Gasteiger partial charge in [0.15, 0.2) is 5.78 Å². The minimum Gasteiger partial charge on any atom is -0.496 e. The molecule has 4 aromatic rings. The third kappa shape index (κ3) is 5.81. The molecule has 0 spiro atoms. The lowest BCUT2D eigenvalue weighted by Crippen LogP contribution is -2.44. The number of nitrogens with zero attached hydrogens (tertiary/aromatic N) is 7. The van der Waals surface area contributed by atoms with Crippen LogP contribution in [0.2, 0.25) is 0 Å². The molecule has 1 fully saturated rings. The highest BCUT2D eigenvalue weighted by Crippen LogP contribution is 2.37. The summed E-state index contributed by atoms with van der Waals surface area (Å²) < 4.78 is 46.6. The molecule has 3 aromatic heterocycles. The van der Waals surface area contributed by atoms with Gasteiger partial charge in [-0.3, -0.25) is 14.8 Å². The normalized spacial score (nSPS) is 14.4. The zero-order chi connectivity index (χ0) is 28.4. The Bertz CT molecular complexity index is 1530. The van der Waals surface area contributed by atoms with E-state index in [0.717, 1.165) is 56.7 Å². The number of methoxy groups -OCH3 is 1. The van der Waals surface area contributed by atoms with Crippen LogP contribution in [0.25, 0.3) is 16.9 Å². The molecular formula is C28H28F3N7O2. The number of aryl methyl sites for hydroxylation is 1. The number of pyridine rings is 2. The van der Waals surface area contributed by atoms with Crippen LogP contribution >= 0.6 is 0 Å². The van der Waals surface area contributed by atoms with Crippen molar-refractivity contribution in [3.8, 4) is 22.7 Å². The molecule has 40 heavy (non-hydrogen) atoms. The Labute approximate surface area is 229 Å². The second-order valence-corrected chi connectivity index (χ2v) is 9.73. The number of hydrogen-bond acceptors (Lipinski definition) is 8. The Morgan fingerprint density at radius 2 is 1.82 bits per heavy atom. The smallest absolute Gasteiger partial charge is 0.419 e. The summed E-state index contributed by atoms with van der Waals surface area (Å²) in [6.07, 6.45) is 2.09. The van der Waals surface area contributed by atoms with Crippen molar-refractivity contribution in [1.29, 1.82) is 0 Å². The van der Waals surface area contributed by atoms with E-state index in [0.29, 0.717) is 22.6 Å². The first kappa shape index (κ1) is 27.3. The summed E-state index contributed by atoms with van der Waals surface area (Å²) in [6.45, 7) is 5.59. The van der Waals surface area contributed by atoms with Gasteiger partial charge in [-0.2, -0.15) is 13.2 Å². The third-order valence-electron chi connectivity index (χ3n) is 6.94. The fraction of sp³-hybridized carbons (Fsp3) is 0.321. The highest BCUT2D eigenvalue weighted by atomic mass is 19.4. The molecule has 1 aliphatic rings. The molecule has 1 saturated heterocycles. The number of piperazine rings is 1. The first-order chi connectivity index (χ1) is 19.1. The van der Waals surface area contributed by atoms with E-state index in [2.05, 4.69) is 37.1 Å². The number of Topliss-reactive ketones (excluding diaryl/α,β-unsaturated/α-hetero) is 1. The molecule has 0 unspecified atom stereocenters. The van der Waals surface area contributed by atoms with Gasteiger partial charge in [-0.15, -0.1) is 5.10 Å². The Balaban J connectivity index is 1.36. The molecule has 208 valence electrons. The quantitative estimate of drug-likeness (QED) is 0.315. The number of halogens is 3. The van der Waals surface area contributed by atoms with Gasteiger partial charge in [0.05, 0.1) is 42.1 Å². The Kier molecular flexibility index (Phi) is 7.53. The van der Waals surface area contributed by atoms with Crippen LogP contribution in [0.1, 0.15) is 27.2 Å². The summed E-state index contributed by atoms with van der Waals surface area (Å²) in [4.78, 5) is 26.3. The summed E-state index contributed by atoms with van der Waals surface area (Å²) in [5.74, 6) is -0.814. The summed E-state index contributed by atoms with van der Waals surface area (Å²) in [5, 5.41) is 8.59. The lowest BCUT2D eigenvalue weighted by Gasteiger charge is -2.33. The largest absolute Gasteiger partial charge is 0.496 e. The lowest BCUT2D eigenvalue weighted by atomic mass is 10.0. The van der Waals surface area contributed by atoms with Gasteiger partial charge in [0.1, 0.15) is 11.4 Å². The predicted molar refractivity (Wildman–Crippen MR) is 143 cm³/mol. The number of hydrogen-bond donors (Lipinski definition) is 0. The van der Waals surface area contributed by atoms with E-state index >= 15 is 0 Å². The van der Waals surface area contributed by atoms with Gasteiger partial charge >= 0.3 is 6.18 Å². The maximum absolute atomic E-state index is 13.4. The van der Waals surface area contributed by atoms with Crippen molar-refractivity contribution in [3.05, 3.63) is 77.5 Å². The summed E-state index contributed by atoms with van der Waals surface area (Å²) in [5.41, 5.74) is 3.20. The van der Waals surface area contributed by atoms with E-state index < -0.39 is 17.5 Å². The van der Waals surface area contributed by atoms with Crippen LogP contribution < -0.4 is 9.64 Å². The third-order valence-corrected chi connectivity index (χ3v) is 6.94. The van der Waals surface area contributed by atoms with Crippen LogP contribution in [-0.2, 0) is 12.6 Å². The van der Waals surface area contributed by atoms with Crippen LogP contribution in [0, 0.1) is 6.92 Å².